The Morgan fingerprint density at radius 1 is 1.57 bits per heavy atom. The smallest absolute Gasteiger partial charge is 0.292 e. The van der Waals surface area contributed by atoms with E-state index in [0.717, 1.165) is 0 Å². The van der Waals surface area contributed by atoms with Gasteiger partial charge in [0.05, 0.1) is 10.7 Å². The number of benzene rings is 1. The quantitative estimate of drug-likeness (QED) is 0.518. The van der Waals surface area contributed by atoms with Crippen LogP contribution >= 0.6 is 23.4 Å². The standard InChI is InChI=1S/C12H11ClN4O3S/c1-16-5-4-14-12(16)21-7-11(18)15-9-6-8(13)2-3-10(9)17(19)20/h2-6H,7H2,1H3,(H,15,18). The number of imidazole rings is 1. The number of nitro benzene ring substituents is 1. The van der Waals surface area contributed by atoms with Crippen LogP contribution < -0.4 is 5.32 Å². The maximum atomic E-state index is 11.9. The van der Waals surface area contributed by atoms with E-state index in [2.05, 4.69) is 10.3 Å². The van der Waals surface area contributed by atoms with Crippen LogP contribution in [0.4, 0.5) is 11.4 Å². The molecular weight excluding hydrogens is 316 g/mol. The largest absolute Gasteiger partial charge is 0.329 e. The Balaban J connectivity index is 2.04. The summed E-state index contributed by atoms with van der Waals surface area (Å²) in [6.07, 6.45) is 3.39. The Hall–Kier alpha value is -2.06. The number of thioether (sulfide) groups is 1. The molecule has 110 valence electrons. The number of hydrogen-bond acceptors (Lipinski definition) is 5. The molecule has 1 heterocycles. The molecule has 0 bridgehead atoms. The second-order valence-electron chi connectivity index (χ2n) is 4.08. The fourth-order valence-corrected chi connectivity index (χ4v) is 2.48. The molecule has 0 aliphatic rings. The van der Waals surface area contributed by atoms with Crippen molar-refractivity contribution in [1.29, 1.82) is 0 Å². The van der Waals surface area contributed by atoms with Gasteiger partial charge in [-0.1, -0.05) is 23.4 Å². The highest BCUT2D eigenvalue weighted by Gasteiger charge is 2.16. The Bertz CT molecular complexity index is 689. The van der Waals surface area contributed by atoms with E-state index in [9.17, 15) is 14.9 Å². The highest BCUT2D eigenvalue weighted by Crippen LogP contribution is 2.28. The van der Waals surface area contributed by atoms with Crippen LogP contribution in [0.1, 0.15) is 0 Å². The molecule has 0 unspecified atom stereocenters. The van der Waals surface area contributed by atoms with Gasteiger partial charge in [-0.15, -0.1) is 0 Å². The molecule has 0 spiro atoms. The van der Waals surface area contributed by atoms with Crippen molar-refractivity contribution in [2.45, 2.75) is 5.16 Å². The predicted molar refractivity (Wildman–Crippen MR) is 80.7 cm³/mol. The van der Waals surface area contributed by atoms with Crippen molar-refractivity contribution in [2.24, 2.45) is 7.05 Å². The monoisotopic (exact) mass is 326 g/mol. The normalized spacial score (nSPS) is 10.4. The van der Waals surface area contributed by atoms with E-state index < -0.39 is 4.92 Å². The van der Waals surface area contributed by atoms with E-state index in [1.807, 2.05) is 7.05 Å². The van der Waals surface area contributed by atoms with E-state index in [-0.39, 0.29) is 23.0 Å². The van der Waals surface area contributed by atoms with Crippen molar-refractivity contribution in [3.05, 3.63) is 45.7 Å². The topological polar surface area (TPSA) is 90.1 Å². The number of carbonyl (C=O) groups is 1. The van der Waals surface area contributed by atoms with Gasteiger partial charge in [0.2, 0.25) is 5.91 Å². The number of rotatable bonds is 5. The number of aryl methyl sites for hydroxylation is 1. The first-order chi connectivity index (χ1) is 9.97. The number of nitrogens with zero attached hydrogens (tertiary/aromatic N) is 3. The molecule has 0 saturated carbocycles. The zero-order valence-electron chi connectivity index (χ0n) is 10.9. The van der Waals surface area contributed by atoms with Gasteiger partial charge in [0.1, 0.15) is 5.69 Å². The van der Waals surface area contributed by atoms with E-state index in [0.29, 0.717) is 10.2 Å². The van der Waals surface area contributed by atoms with Crippen molar-refractivity contribution < 1.29 is 9.72 Å². The van der Waals surface area contributed by atoms with E-state index in [4.69, 9.17) is 11.6 Å². The molecule has 0 saturated heterocycles. The molecule has 0 aliphatic carbocycles. The van der Waals surface area contributed by atoms with Gasteiger partial charge in [-0.3, -0.25) is 14.9 Å². The third kappa shape index (κ3) is 3.96. The maximum absolute atomic E-state index is 11.9. The lowest BCUT2D eigenvalue weighted by Crippen LogP contribution is -2.15. The lowest BCUT2D eigenvalue weighted by Gasteiger charge is -2.06. The minimum absolute atomic E-state index is 0.0814. The van der Waals surface area contributed by atoms with Crippen molar-refractivity contribution in [2.75, 3.05) is 11.1 Å². The summed E-state index contributed by atoms with van der Waals surface area (Å²) in [7, 11) is 1.81. The Morgan fingerprint density at radius 3 is 2.95 bits per heavy atom. The summed E-state index contributed by atoms with van der Waals surface area (Å²) >= 11 is 7.03. The summed E-state index contributed by atoms with van der Waals surface area (Å²) in [6.45, 7) is 0. The fourth-order valence-electron chi connectivity index (χ4n) is 1.57. The average Bonchev–Trinajstić information content (AvgIpc) is 2.81. The summed E-state index contributed by atoms with van der Waals surface area (Å²) in [4.78, 5) is 26.3. The van der Waals surface area contributed by atoms with Crippen molar-refractivity contribution in [3.8, 4) is 0 Å². The van der Waals surface area contributed by atoms with Crippen molar-refractivity contribution in [1.82, 2.24) is 9.55 Å². The first-order valence-electron chi connectivity index (χ1n) is 5.81. The van der Waals surface area contributed by atoms with E-state index >= 15 is 0 Å². The number of anilines is 1. The van der Waals surface area contributed by atoms with Gasteiger partial charge in [0.15, 0.2) is 5.16 Å². The Morgan fingerprint density at radius 2 is 2.33 bits per heavy atom. The van der Waals surface area contributed by atoms with Gasteiger partial charge in [0, 0.05) is 30.5 Å². The van der Waals surface area contributed by atoms with Gasteiger partial charge in [-0.2, -0.15) is 0 Å². The number of halogens is 1. The lowest BCUT2D eigenvalue weighted by atomic mass is 10.2. The van der Waals surface area contributed by atoms with Gasteiger partial charge in [-0.25, -0.2) is 4.98 Å². The van der Waals surface area contributed by atoms with E-state index in [1.54, 1.807) is 17.0 Å². The molecule has 0 atom stereocenters. The summed E-state index contributed by atoms with van der Waals surface area (Å²) in [6, 6.07) is 4.00. The van der Waals surface area contributed by atoms with Crippen LogP contribution in [0.25, 0.3) is 0 Å². The molecule has 7 nitrogen and oxygen atoms in total. The number of aromatic nitrogens is 2. The molecule has 1 N–H and O–H groups in total. The number of nitro groups is 1. The molecule has 0 aliphatic heterocycles. The minimum atomic E-state index is -0.572. The second-order valence-corrected chi connectivity index (χ2v) is 5.46. The van der Waals surface area contributed by atoms with Crippen LogP contribution in [-0.4, -0.2) is 26.1 Å². The molecule has 21 heavy (non-hydrogen) atoms. The van der Waals surface area contributed by atoms with Gasteiger partial charge >= 0.3 is 0 Å². The van der Waals surface area contributed by atoms with Crippen molar-refractivity contribution in [3.63, 3.8) is 0 Å². The van der Waals surface area contributed by atoms with E-state index in [1.165, 1.54) is 30.0 Å². The zero-order chi connectivity index (χ0) is 15.4. The third-order valence-corrected chi connectivity index (χ3v) is 3.83. The third-order valence-electron chi connectivity index (χ3n) is 2.54. The van der Waals surface area contributed by atoms with Crippen LogP contribution in [0.2, 0.25) is 5.02 Å². The first kappa shape index (κ1) is 15.3. The van der Waals surface area contributed by atoms with Crippen LogP contribution in [0.3, 0.4) is 0 Å². The summed E-state index contributed by atoms with van der Waals surface area (Å²) in [5.74, 6) is -0.275. The molecule has 1 amide bonds. The molecular formula is C12H11ClN4O3S. The molecule has 0 fully saturated rings. The molecule has 1 aromatic heterocycles. The Labute approximate surface area is 129 Å². The van der Waals surface area contributed by atoms with Crippen LogP contribution in [-0.2, 0) is 11.8 Å². The highest BCUT2D eigenvalue weighted by molar-refractivity contribution is 7.99. The lowest BCUT2D eigenvalue weighted by molar-refractivity contribution is -0.383. The minimum Gasteiger partial charge on any atom is -0.329 e. The van der Waals surface area contributed by atoms with Crippen LogP contribution in [0.15, 0.2) is 35.7 Å². The molecule has 9 heteroatoms. The number of carbonyl (C=O) groups excluding carboxylic acids is 1. The molecule has 2 aromatic rings. The first-order valence-corrected chi connectivity index (χ1v) is 7.17. The van der Waals surface area contributed by atoms with Gasteiger partial charge in [0.25, 0.3) is 5.69 Å². The summed E-state index contributed by atoms with van der Waals surface area (Å²) in [5.41, 5.74) is -0.118. The average molecular weight is 327 g/mol. The summed E-state index contributed by atoms with van der Waals surface area (Å²) in [5, 5.41) is 14.4. The fraction of sp³-hybridized carbons (Fsp3) is 0.167. The van der Waals surface area contributed by atoms with Gasteiger partial charge < -0.3 is 9.88 Å². The highest BCUT2D eigenvalue weighted by atomic mass is 35.5. The summed E-state index contributed by atoms with van der Waals surface area (Å²) < 4.78 is 1.78. The number of hydrogen-bond donors (Lipinski definition) is 1. The molecule has 0 radical (unpaired) electrons. The zero-order valence-corrected chi connectivity index (χ0v) is 12.5. The SMILES string of the molecule is Cn1ccnc1SCC(=O)Nc1cc(Cl)ccc1[N+](=O)[O-]. The number of amides is 1. The second kappa shape index (κ2) is 6.59. The number of nitrogens with one attached hydrogen (secondary N) is 1. The van der Waals surface area contributed by atoms with Crippen LogP contribution in [0.5, 0.6) is 0 Å². The maximum Gasteiger partial charge on any atom is 0.292 e. The van der Waals surface area contributed by atoms with Crippen molar-refractivity contribution >= 4 is 40.6 Å². The van der Waals surface area contributed by atoms with Gasteiger partial charge in [-0.05, 0) is 12.1 Å². The Kier molecular flexibility index (Phi) is 4.81. The molecule has 2 rings (SSSR count). The predicted octanol–water partition coefficient (Wildman–Crippen LogP) is 2.71. The molecule has 1 aromatic carbocycles. The van der Waals surface area contributed by atoms with Crippen LogP contribution in [0, 0.1) is 10.1 Å².